The number of benzene rings is 3. The first-order valence-electron chi connectivity index (χ1n) is 11.5. The van der Waals surface area contributed by atoms with Gasteiger partial charge in [0, 0.05) is 41.9 Å². The average molecular weight is 436 g/mol. The molecule has 0 spiro atoms. The summed E-state index contributed by atoms with van der Waals surface area (Å²) in [6.45, 7) is 2.09. The van der Waals surface area contributed by atoms with E-state index in [1.165, 1.54) is 11.8 Å². The highest BCUT2D eigenvalue weighted by molar-refractivity contribution is 7.99. The third-order valence-electron chi connectivity index (χ3n) is 6.21. The minimum atomic E-state index is -1.33. The van der Waals surface area contributed by atoms with Crippen LogP contribution >= 0.6 is 11.8 Å². The Morgan fingerprint density at radius 2 is 1.84 bits per heavy atom. The highest BCUT2D eigenvalue weighted by Gasteiger charge is 2.23. The molecule has 0 fully saturated rings. The van der Waals surface area contributed by atoms with Crippen LogP contribution in [0.25, 0.3) is 44.3 Å². The Kier molecular flexibility index (Phi) is 3.87. The number of nitrogens with zero attached hydrogens (tertiary/aromatic N) is 2. The molecule has 6 rings (SSSR count). The van der Waals surface area contributed by atoms with Gasteiger partial charge < -0.3 is 4.42 Å². The van der Waals surface area contributed by atoms with Crippen LogP contribution in [0.4, 0.5) is 0 Å². The SMILES string of the molecule is [2H]C1([2H])CSc2cc(-c3c(C#N)ccc4c3oc3c(-c5cccc[n+]5C)c(C)ccc34)ccc21. The number of thioether (sulfide) groups is 1. The van der Waals surface area contributed by atoms with E-state index in [0.717, 1.165) is 49.2 Å². The fourth-order valence-corrected chi connectivity index (χ4v) is 5.51. The number of hydrogen-bond donors (Lipinski definition) is 0. The Balaban J connectivity index is 1.68. The fraction of sp³-hybridized carbons (Fsp3) is 0.143. The van der Waals surface area contributed by atoms with Gasteiger partial charge in [-0.15, -0.1) is 11.8 Å². The van der Waals surface area contributed by atoms with E-state index in [1.54, 1.807) is 0 Å². The lowest BCUT2D eigenvalue weighted by molar-refractivity contribution is -0.660. The van der Waals surface area contributed by atoms with Gasteiger partial charge in [0.25, 0.3) is 0 Å². The first-order chi connectivity index (χ1) is 16.4. The van der Waals surface area contributed by atoms with Crippen LogP contribution in [0.15, 0.2) is 76.2 Å². The molecule has 3 heterocycles. The standard InChI is InChI=1S/C28H21N2OS/c1-17-6-10-21-22-11-9-20(16-29)26(19-8-7-18-12-14-32-24(18)15-19)28(22)31-27(21)25(17)23-5-3-4-13-30(23)2/h3-11,13,15H,12,14H2,1-2H3/q+1/i12D2. The van der Waals surface area contributed by atoms with Crippen molar-refractivity contribution in [2.75, 3.05) is 5.75 Å². The van der Waals surface area contributed by atoms with Gasteiger partial charge in [-0.3, -0.25) is 0 Å². The van der Waals surface area contributed by atoms with E-state index in [1.807, 2.05) is 55.7 Å². The summed E-state index contributed by atoms with van der Waals surface area (Å²) in [5, 5.41) is 11.9. The minimum Gasteiger partial charge on any atom is -0.454 e. The Hall–Kier alpha value is -3.55. The second kappa shape index (κ2) is 7.25. The third kappa shape index (κ3) is 2.78. The number of aromatic nitrogens is 1. The van der Waals surface area contributed by atoms with Gasteiger partial charge in [0.1, 0.15) is 18.2 Å². The van der Waals surface area contributed by atoms with Crippen LogP contribution in [0.5, 0.6) is 0 Å². The van der Waals surface area contributed by atoms with Gasteiger partial charge in [0.15, 0.2) is 6.20 Å². The highest BCUT2D eigenvalue weighted by Crippen LogP contribution is 2.43. The molecule has 3 aromatic carbocycles. The van der Waals surface area contributed by atoms with E-state index < -0.39 is 6.37 Å². The molecule has 0 radical (unpaired) electrons. The summed E-state index contributed by atoms with van der Waals surface area (Å²) in [4.78, 5) is 0.923. The summed E-state index contributed by atoms with van der Waals surface area (Å²) in [7, 11) is 2.02. The molecule has 1 aliphatic heterocycles. The van der Waals surface area contributed by atoms with Crippen molar-refractivity contribution in [3.05, 3.63) is 83.6 Å². The van der Waals surface area contributed by atoms with Crippen LogP contribution in [-0.4, -0.2) is 5.75 Å². The lowest BCUT2D eigenvalue weighted by Crippen LogP contribution is -2.30. The number of nitriles is 1. The molecule has 2 aromatic heterocycles. The Morgan fingerprint density at radius 1 is 1.03 bits per heavy atom. The van der Waals surface area contributed by atoms with Crippen molar-refractivity contribution in [3.63, 3.8) is 0 Å². The molecule has 1 aliphatic rings. The van der Waals surface area contributed by atoms with E-state index in [4.69, 9.17) is 7.16 Å². The number of hydrogen-bond acceptors (Lipinski definition) is 3. The van der Waals surface area contributed by atoms with E-state index in [9.17, 15) is 5.26 Å². The molecule has 5 aromatic rings. The molecular formula is C28H21N2OS+. The van der Waals surface area contributed by atoms with Crippen molar-refractivity contribution >= 4 is 33.7 Å². The Bertz CT molecular complexity index is 1680. The van der Waals surface area contributed by atoms with Crippen LogP contribution in [0.3, 0.4) is 0 Å². The monoisotopic (exact) mass is 435 g/mol. The molecule has 3 nitrogen and oxygen atoms in total. The molecule has 4 heteroatoms. The second-order valence-corrected chi connectivity index (χ2v) is 9.10. The normalized spacial score (nSPS) is 15.4. The molecule has 0 saturated carbocycles. The first-order valence-corrected chi connectivity index (χ1v) is 11.5. The van der Waals surface area contributed by atoms with Crippen molar-refractivity contribution in [2.24, 2.45) is 7.05 Å². The van der Waals surface area contributed by atoms with Gasteiger partial charge >= 0.3 is 0 Å². The van der Waals surface area contributed by atoms with E-state index in [2.05, 4.69) is 35.8 Å². The van der Waals surface area contributed by atoms with Crippen LogP contribution in [0.1, 0.15) is 19.4 Å². The molecule has 32 heavy (non-hydrogen) atoms. The first kappa shape index (κ1) is 17.1. The van der Waals surface area contributed by atoms with Crippen LogP contribution in [0, 0.1) is 18.3 Å². The Morgan fingerprint density at radius 3 is 2.66 bits per heavy atom. The zero-order chi connectivity index (χ0) is 23.6. The number of aryl methyl sites for hydroxylation is 3. The van der Waals surface area contributed by atoms with Gasteiger partial charge in [-0.2, -0.15) is 5.26 Å². The van der Waals surface area contributed by atoms with Crippen molar-refractivity contribution in [2.45, 2.75) is 18.2 Å². The summed E-state index contributed by atoms with van der Waals surface area (Å²) in [5.74, 6) is 0.405. The van der Waals surface area contributed by atoms with Crippen molar-refractivity contribution < 1.29 is 11.7 Å². The largest absolute Gasteiger partial charge is 0.454 e. The zero-order valence-electron chi connectivity index (χ0n) is 19.8. The summed E-state index contributed by atoms with van der Waals surface area (Å²) in [6, 6.07) is 22.2. The third-order valence-corrected chi connectivity index (χ3v) is 7.15. The lowest BCUT2D eigenvalue weighted by Gasteiger charge is -2.08. The lowest BCUT2D eigenvalue weighted by atomic mass is 9.95. The van der Waals surface area contributed by atoms with Crippen LogP contribution in [-0.2, 0) is 13.4 Å². The Labute approximate surface area is 193 Å². The maximum atomic E-state index is 9.94. The summed E-state index contributed by atoms with van der Waals surface area (Å²) in [6.07, 6.45) is 0.690. The van der Waals surface area contributed by atoms with Crippen molar-refractivity contribution in [3.8, 4) is 28.5 Å². The summed E-state index contributed by atoms with van der Waals surface area (Å²) >= 11 is 1.52. The van der Waals surface area contributed by atoms with Crippen molar-refractivity contribution in [1.82, 2.24) is 0 Å². The van der Waals surface area contributed by atoms with E-state index in [0.29, 0.717) is 22.5 Å². The summed E-state index contributed by atoms with van der Waals surface area (Å²) < 4.78 is 25.2. The highest BCUT2D eigenvalue weighted by atomic mass is 32.2. The van der Waals surface area contributed by atoms with Gasteiger partial charge in [-0.25, -0.2) is 4.57 Å². The van der Waals surface area contributed by atoms with Gasteiger partial charge in [-0.1, -0.05) is 24.3 Å². The fourth-order valence-electron chi connectivity index (χ4n) is 4.62. The molecule has 0 amide bonds. The average Bonchev–Trinajstić information content (AvgIpc) is 3.35. The zero-order valence-corrected chi connectivity index (χ0v) is 18.6. The predicted molar refractivity (Wildman–Crippen MR) is 130 cm³/mol. The number of rotatable bonds is 2. The predicted octanol–water partition coefficient (Wildman–Crippen LogP) is 6.57. The van der Waals surface area contributed by atoms with Gasteiger partial charge in [0.05, 0.1) is 17.2 Å². The molecule has 0 saturated heterocycles. The van der Waals surface area contributed by atoms with E-state index in [-0.39, 0.29) is 0 Å². The molecule has 0 atom stereocenters. The van der Waals surface area contributed by atoms with Crippen LogP contribution < -0.4 is 4.57 Å². The topological polar surface area (TPSA) is 40.8 Å². The maximum absolute atomic E-state index is 9.94. The molecule has 0 bridgehead atoms. The number of pyridine rings is 1. The second-order valence-electron chi connectivity index (χ2n) is 8.09. The minimum absolute atomic E-state index is 0.405. The molecule has 0 N–H and O–H groups in total. The number of fused-ring (bicyclic) bond motifs is 4. The quantitative estimate of drug-likeness (QED) is 0.294. The molecule has 0 unspecified atom stereocenters. The molecular weight excluding hydrogens is 412 g/mol. The van der Waals surface area contributed by atoms with E-state index >= 15 is 0 Å². The molecule has 154 valence electrons. The molecule has 0 aliphatic carbocycles. The number of furan rings is 1. The maximum Gasteiger partial charge on any atom is 0.216 e. The van der Waals surface area contributed by atoms with Crippen molar-refractivity contribution in [1.29, 1.82) is 5.26 Å². The van der Waals surface area contributed by atoms with Gasteiger partial charge in [0.2, 0.25) is 5.69 Å². The summed E-state index contributed by atoms with van der Waals surface area (Å²) in [5.41, 5.74) is 7.59. The van der Waals surface area contributed by atoms with Gasteiger partial charge in [-0.05, 0) is 54.3 Å². The van der Waals surface area contributed by atoms with Crippen LogP contribution in [0.2, 0.25) is 0 Å². The smallest absolute Gasteiger partial charge is 0.216 e.